The molecule has 0 saturated heterocycles. The van der Waals surface area contributed by atoms with Crippen molar-refractivity contribution in [1.29, 1.82) is 0 Å². The van der Waals surface area contributed by atoms with E-state index in [1.807, 2.05) is 5.32 Å². The van der Waals surface area contributed by atoms with Crippen LogP contribution in [0, 0.1) is 0 Å². The predicted molar refractivity (Wildman–Crippen MR) is 66.8 cm³/mol. The maximum absolute atomic E-state index is 11.8. The maximum atomic E-state index is 11.8. The van der Waals surface area contributed by atoms with Crippen molar-refractivity contribution in [2.45, 2.75) is 12.6 Å². The summed E-state index contributed by atoms with van der Waals surface area (Å²) in [5, 5.41) is 2.46. The summed E-state index contributed by atoms with van der Waals surface area (Å²) in [5.41, 5.74) is 0.596. The predicted octanol–water partition coefficient (Wildman–Crippen LogP) is 3.37. The summed E-state index contributed by atoms with van der Waals surface area (Å²) in [4.78, 5) is 11.4. The molecule has 0 aliphatic carbocycles. The second-order valence-corrected chi connectivity index (χ2v) is 4.99. The van der Waals surface area contributed by atoms with Gasteiger partial charge in [0.15, 0.2) is 5.78 Å². The van der Waals surface area contributed by atoms with E-state index in [0.717, 1.165) is 4.47 Å². The third-order valence-electron chi connectivity index (χ3n) is 2.05. The van der Waals surface area contributed by atoms with Gasteiger partial charge in [-0.2, -0.15) is 13.2 Å². The molecule has 1 rings (SSSR count). The van der Waals surface area contributed by atoms with Crippen LogP contribution in [0.2, 0.25) is 5.02 Å². The van der Waals surface area contributed by atoms with Gasteiger partial charge < -0.3 is 5.32 Å². The molecule has 0 radical (unpaired) electrons. The van der Waals surface area contributed by atoms with Gasteiger partial charge in [0.2, 0.25) is 0 Å². The Morgan fingerprint density at radius 3 is 2.61 bits per heavy atom. The number of Topliss-reactive ketones (excluding diaryl/α,β-unsaturated/α-hetero) is 1. The molecule has 1 N–H and O–H groups in total. The van der Waals surface area contributed by atoms with Gasteiger partial charge in [0.1, 0.15) is 0 Å². The van der Waals surface area contributed by atoms with E-state index in [1.54, 1.807) is 18.2 Å². The van der Waals surface area contributed by atoms with Crippen molar-refractivity contribution in [3.63, 3.8) is 0 Å². The van der Waals surface area contributed by atoms with Crippen molar-refractivity contribution in [2.75, 3.05) is 13.1 Å². The summed E-state index contributed by atoms with van der Waals surface area (Å²) in [6, 6.07) is 5.01. The lowest BCUT2D eigenvalue weighted by Gasteiger charge is -2.08. The third kappa shape index (κ3) is 5.84. The molecule has 0 amide bonds. The van der Waals surface area contributed by atoms with Crippen molar-refractivity contribution in [3.8, 4) is 0 Å². The summed E-state index contributed by atoms with van der Waals surface area (Å²) in [5.74, 6) is -0.344. The number of carbonyl (C=O) groups is 1. The van der Waals surface area contributed by atoms with Crippen LogP contribution >= 0.6 is 27.5 Å². The highest BCUT2D eigenvalue weighted by Gasteiger charge is 2.26. The van der Waals surface area contributed by atoms with Gasteiger partial charge in [-0.1, -0.05) is 33.6 Å². The van der Waals surface area contributed by atoms with E-state index < -0.39 is 12.7 Å². The van der Waals surface area contributed by atoms with E-state index in [0.29, 0.717) is 10.6 Å². The number of hydrogen-bond acceptors (Lipinski definition) is 2. The smallest absolute Gasteiger partial charge is 0.302 e. The number of benzene rings is 1. The minimum Gasteiger partial charge on any atom is -0.302 e. The molecule has 100 valence electrons. The molecule has 0 fully saturated rings. The summed E-state index contributed by atoms with van der Waals surface area (Å²) < 4.78 is 36.3. The first-order chi connectivity index (χ1) is 8.28. The van der Waals surface area contributed by atoms with Crippen LogP contribution < -0.4 is 5.32 Å². The molecule has 0 bridgehead atoms. The minimum atomic E-state index is -4.31. The van der Waals surface area contributed by atoms with Crippen LogP contribution in [0.3, 0.4) is 0 Å². The van der Waals surface area contributed by atoms with E-state index in [2.05, 4.69) is 15.9 Å². The Morgan fingerprint density at radius 2 is 2.06 bits per heavy atom. The Hall–Kier alpha value is -0.590. The zero-order valence-corrected chi connectivity index (χ0v) is 11.5. The standard InChI is InChI=1S/C11H10BrClF3NO/c12-8-2-1-7(10(13)4-8)3-9(18)5-17-6-11(14,15)16/h1-2,4,17H,3,5-6H2. The van der Waals surface area contributed by atoms with Crippen LogP contribution in [0.5, 0.6) is 0 Å². The van der Waals surface area contributed by atoms with Crippen LogP contribution in [-0.2, 0) is 11.2 Å². The van der Waals surface area contributed by atoms with E-state index in [-0.39, 0.29) is 18.7 Å². The Balaban J connectivity index is 2.45. The maximum Gasteiger partial charge on any atom is 0.401 e. The van der Waals surface area contributed by atoms with Crippen molar-refractivity contribution < 1.29 is 18.0 Å². The molecule has 0 spiro atoms. The summed E-state index contributed by atoms with van der Waals surface area (Å²) in [6.45, 7) is -1.50. The van der Waals surface area contributed by atoms with Gasteiger partial charge in [0.05, 0.1) is 13.1 Å². The van der Waals surface area contributed by atoms with Gasteiger partial charge in [-0.3, -0.25) is 4.79 Å². The lowest BCUT2D eigenvalue weighted by Crippen LogP contribution is -2.33. The zero-order chi connectivity index (χ0) is 13.8. The number of nitrogens with one attached hydrogen (secondary N) is 1. The average Bonchev–Trinajstić information content (AvgIpc) is 2.20. The number of halogens is 5. The lowest BCUT2D eigenvalue weighted by molar-refractivity contribution is -0.127. The fourth-order valence-corrected chi connectivity index (χ4v) is 2.02. The Morgan fingerprint density at radius 1 is 1.39 bits per heavy atom. The van der Waals surface area contributed by atoms with E-state index in [4.69, 9.17) is 11.6 Å². The Kier molecular flexibility index (Phi) is 5.62. The number of carbonyl (C=O) groups excluding carboxylic acids is 1. The van der Waals surface area contributed by atoms with Crippen molar-refractivity contribution in [2.24, 2.45) is 0 Å². The number of alkyl halides is 3. The molecular weight excluding hydrogens is 334 g/mol. The zero-order valence-electron chi connectivity index (χ0n) is 9.15. The Bertz CT molecular complexity index is 437. The highest BCUT2D eigenvalue weighted by Crippen LogP contribution is 2.21. The van der Waals surface area contributed by atoms with Crippen molar-refractivity contribution in [1.82, 2.24) is 5.32 Å². The first-order valence-electron chi connectivity index (χ1n) is 5.01. The number of ketones is 1. The molecule has 0 aliphatic heterocycles. The highest BCUT2D eigenvalue weighted by atomic mass is 79.9. The van der Waals surface area contributed by atoms with Gasteiger partial charge in [0.25, 0.3) is 0 Å². The topological polar surface area (TPSA) is 29.1 Å². The van der Waals surface area contributed by atoms with Gasteiger partial charge in [-0.05, 0) is 17.7 Å². The second-order valence-electron chi connectivity index (χ2n) is 3.67. The molecule has 0 aliphatic rings. The normalized spacial score (nSPS) is 11.6. The molecule has 0 aromatic heterocycles. The van der Waals surface area contributed by atoms with Gasteiger partial charge >= 0.3 is 6.18 Å². The van der Waals surface area contributed by atoms with E-state index >= 15 is 0 Å². The highest BCUT2D eigenvalue weighted by molar-refractivity contribution is 9.10. The molecule has 2 nitrogen and oxygen atoms in total. The first-order valence-corrected chi connectivity index (χ1v) is 6.18. The number of rotatable bonds is 5. The monoisotopic (exact) mass is 343 g/mol. The fourth-order valence-electron chi connectivity index (χ4n) is 1.28. The molecule has 1 aromatic carbocycles. The van der Waals surface area contributed by atoms with Crippen LogP contribution in [0.15, 0.2) is 22.7 Å². The van der Waals surface area contributed by atoms with E-state index in [9.17, 15) is 18.0 Å². The first kappa shape index (κ1) is 15.5. The molecule has 7 heteroatoms. The molecule has 0 saturated carbocycles. The molecule has 0 heterocycles. The largest absolute Gasteiger partial charge is 0.401 e. The van der Waals surface area contributed by atoms with Crippen LogP contribution in [0.1, 0.15) is 5.56 Å². The Labute approximate surface area is 116 Å². The van der Waals surface area contributed by atoms with Crippen molar-refractivity contribution >= 4 is 33.3 Å². The molecular formula is C11H10BrClF3NO. The molecule has 1 aromatic rings. The summed E-state index contributed by atoms with van der Waals surface area (Å²) >= 11 is 9.12. The van der Waals surface area contributed by atoms with Crippen LogP contribution in [-0.4, -0.2) is 25.0 Å². The van der Waals surface area contributed by atoms with Gasteiger partial charge in [0, 0.05) is 15.9 Å². The quantitative estimate of drug-likeness (QED) is 0.887. The van der Waals surface area contributed by atoms with Crippen LogP contribution in [0.4, 0.5) is 13.2 Å². The average molecular weight is 345 g/mol. The minimum absolute atomic E-state index is 0.0109. The fraction of sp³-hybridized carbons (Fsp3) is 0.364. The van der Waals surface area contributed by atoms with Crippen molar-refractivity contribution in [3.05, 3.63) is 33.3 Å². The van der Waals surface area contributed by atoms with Crippen LogP contribution in [0.25, 0.3) is 0 Å². The third-order valence-corrected chi connectivity index (χ3v) is 2.90. The summed E-state index contributed by atoms with van der Waals surface area (Å²) in [7, 11) is 0. The molecule has 0 atom stereocenters. The van der Waals surface area contributed by atoms with Gasteiger partial charge in [-0.25, -0.2) is 0 Å². The van der Waals surface area contributed by atoms with E-state index in [1.165, 1.54) is 0 Å². The SMILES string of the molecule is O=C(CNCC(F)(F)F)Cc1ccc(Br)cc1Cl. The number of hydrogen-bond donors (Lipinski definition) is 1. The lowest BCUT2D eigenvalue weighted by atomic mass is 10.1. The molecule has 0 unspecified atom stereocenters. The summed E-state index contributed by atoms with van der Waals surface area (Å²) in [6.07, 6.45) is -4.30. The van der Waals surface area contributed by atoms with Gasteiger partial charge in [-0.15, -0.1) is 0 Å². The second kappa shape index (κ2) is 6.54. The molecule has 18 heavy (non-hydrogen) atoms.